The number of benzene rings is 1. The third-order valence-electron chi connectivity index (χ3n) is 3.74. The lowest BCUT2D eigenvalue weighted by Gasteiger charge is -2.13. The van der Waals surface area contributed by atoms with Gasteiger partial charge in [0.2, 0.25) is 0 Å². The molecule has 1 aromatic heterocycles. The van der Waals surface area contributed by atoms with Crippen molar-refractivity contribution in [1.29, 1.82) is 0 Å². The molecule has 1 aromatic carbocycles. The maximum Gasteiger partial charge on any atom is 0.191 e. The van der Waals surface area contributed by atoms with Crippen LogP contribution in [0.25, 0.3) is 0 Å². The van der Waals surface area contributed by atoms with E-state index < -0.39 is 0 Å². The average Bonchev–Trinajstić information content (AvgIpc) is 2.69. The summed E-state index contributed by atoms with van der Waals surface area (Å²) in [7, 11) is 3.47. The minimum absolute atomic E-state index is 0. The Morgan fingerprint density at radius 3 is 2.74 bits per heavy atom. The molecule has 1 heterocycles. The second-order valence-electron chi connectivity index (χ2n) is 5.77. The Labute approximate surface area is 178 Å². The minimum Gasteiger partial charge on any atom is -0.493 e. The van der Waals surface area contributed by atoms with E-state index in [4.69, 9.17) is 9.47 Å². The largest absolute Gasteiger partial charge is 0.493 e. The van der Waals surface area contributed by atoms with Crippen molar-refractivity contribution in [2.24, 2.45) is 4.99 Å². The number of hydrogen-bond donors (Lipinski definition) is 2. The summed E-state index contributed by atoms with van der Waals surface area (Å²) in [5.74, 6) is 1.64. The zero-order chi connectivity index (χ0) is 18.5. The fourth-order valence-electron chi connectivity index (χ4n) is 2.40. The van der Waals surface area contributed by atoms with E-state index in [1.165, 1.54) is 0 Å². The quantitative estimate of drug-likeness (QED) is 0.235. The van der Waals surface area contributed by atoms with Gasteiger partial charge in [0.1, 0.15) is 5.75 Å². The lowest BCUT2D eigenvalue weighted by Crippen LogP contribution is -2.37. The van der Waals surface area contributed by atoms with E-state index in [9.17, 15) is 0 Å². The van der Waals surface area contributed by atoms with Crippen molar-refractivity contribution in [3.8, 4) is 5.75 Å². The maximum absolute atomic E-state index is 5.74. The molecule has 6 nitrogen and oxygen atoms in total. The Morgan fingerprint density at radius 2 is 2.00 bits per heavy atom. The highest BCUT2D eigenvalue weighted by molar-refractivity contribution is 14.0. The number of aliphatic imine (C=N–C) groups is 1. The lowest BCUT2D eigenvalue weighted by atomic mass is 10.2. The van der Waals surface area contributed by atoms with Gasteiger partial charge in [-0.2, -0.15) is 0 Å². The number of halogens is 1. The maximum atomic E-state index is 5.74. The summed E-state index contributed by atoms with van der Waals surface area (Å²) in [5, 5.41) is 6.62. The molecule has 7 heteroatoms. The summed E-state index contributed by atoms with van der Waals surface area (Å²) in [6, 6.07) is 14.0. The highest BCUT2D eigenvalue weighted by atomic mass is 127. The second-order valence-corrected chi connectivity index (χ2v) is 5.77. The molecule has 0 amide bonds. The first-order valence-electron chi connectivity index (χ1n) is 8.87. The summed E-state index contributed by atoms with van der Waals surface area (Å²) in [5.41, 5.74) is 2.20. The molecule has 0 saturated heterocycles. The van der Waals surface area contributed by atoms with Crippen LogP contribution >= 0.6 is 24.0 Å². The van der Waals surface area contributed by atoms with Crippen LogP contribution in [-0.2, 0) is 17.7 Å². The molecular weight excluding hydrogens is 455 g/mol. The molecule has 0 fully saturated rings. The molecule has 0 aliphatic rings. The predicted octanol–water partition coefficient (Wildman–Crippen LogP) is 3.02. The van der Waals surface area contributed by atoms with Gasteiger partial charge in [-0.05, 0) is 29.8 Å². The zero-order valence-electron chi connectivity index (χ0n) is 16.0. The molecule has 0 aliphatic carbocycles. The van der Waals surface area contributed by atoms with Crippen molar-refractivity contribution in [2.45, 2.75) is 19.4 Å². The molecule has 27 heavy (non-hydrogen) atoms. The molecule has 0 bridgehead atoms. The van der Waals surface area contributed by atoms with Crippen LogP contribution in [0.1, 0.15) is 17.7 Å². The second kappa shape index (κ2) is 14.2. The Morgan fingerprint density at radius 1 is 1.11 bits per heavy atom. The zero-order valence-corrected chi connectivity index (χ0v) is 18.3. The van der Waals surface area contributed by atoms with Crippen molar-refractivity contribution in [1.82, 2.24) is 15.6 Å². The topological polar surface area (TPSA) is 67.8 Å². The lowest BCUT2D eigenvalue weighted by molar-refractivity contribution is 0.172. The molecule has 0 unspecified atom stereocenters. The van der Waals surface area contributed by atoms with E-state index in [0.29, 0.717) is 19.8 Å². The number of nitrogens with zero attached hydrogens (tertiary/aromatic N) is 2. The molecule has 2 N–H and O–H groups in total. The van der Waals surface area contributed by atoms with Crippen molar-refractivity contribution >= 4 is 29.9 Å². The van der Waals surface area contributed by atoms with Gasteiger partial charge < -0.3 is 20.1 Å². The first kappa shape index (κ1) is 23.2. The summed E-state index contributed by atoms with van der Waals surface area (Å²) < 4.78 is 10.8. The van der Waals surface area contributed by atoms with E-state index in [0.717, 1.165) is 42.4 Å². The monoisotopic (exact) mass is 484 g/mol. The van der Waals surface area contributed by atoms with Gasteiger partial charge in [0.05, 0.1) is 6.61 Å². The van der Waals surface area contributed by atoms with Crippen LogP contribution in [0.15, 0.2) is 53.7 Å². The van der Waals surface area contributed by atoms with Crippen LogP contribution in [0.4, 0.5) is 0 Å². The van der Waals surface area contributed by atoms with Gasteiger partial charge in [-0.15, -0.1) is 24.0 Å². The fraction of sp³-hybridized carbons (Fsp3) is 0.400. The van der Waals surface area contributed by atoms with Crippen molar-refractivity contribution in [2.75, 3.05) is 33.9 Å². The Balaban J connectivity index is 0.00000364. The molecule has 2 rings (SSSR count). The van der Waals surface area contributed by atoms with Gasteiger partial charge in [0.25, 0.3) is 0 Å². The summed E-state index contributed by atoms with van der Waals surface area (Å²) in [4.78, 5) is 8.57. The average molecular weight is 484 g/mol. The van der Waals surface area contributed by atoms with E-state index >= 15 is 0 Å². The van der Waals surface area contributed by atoms with E-state index in [1.807, 2.05) is 42.6 Å². The van der Waals surface area contributed by atoms with Crippen LogP contribution in [0, 0.1) is 0 Å². The van der Waals surface area contributed by atoms with Gasteiger partial charge in [-0.1, -0.05) is 18.2 Å². The predicted molar refractivity (Wildman–Crippen MR) is 120 cm³/mol. The van der Waals surface area contributed by atoms with Crippen molar-refractivity contribution in [3.63, 3.8) is 0 Å². The summed E-state index contributed by atoms with van der Waals surface area (Å²) in [6.45, 7) is 2.82. The van der Waals surface area contributed by atoms with E-state index in [1.54, 1.807) is 14.2 Å². The van der Waals surface area contributed by atoms with Gasteiger partial charge in [0, 0.05) is 58.6 Å². The molecular formula is C20H29IN4O2. The van der Waals surface area contributed by atoms with Gasteiger partial charge in [0.15, 0.2) is 5.96 Å². The number of methoxy groups -OCH3 is 1. The highest BCUT2D eigenvalue weighted by Crippen LogP contribution is 2.13. The minimum atomic E-state index is 0. The molecule has 0 spiro atoms. The highest BCUT2D eigenvalue weighted by Gasteiger charge is 2.01. The van der Waals surface area contributed by atoms with Crippen LogP contribution in [0.2, 0.25) is 0 Å². The number of hydrogen-bond acceptors (Lipinski definition) is 4. The Hall–Kier alpha value is -1.87. The molecule has 148 valence electrons. The first-order valence-corrected chi connectivity index (χ1v) is 8.87. The first-order chi connectivity index (χ1) is 12.8. The van der Waals surface area contributed by atoms with Crippen LogP contribution in [0.3, 0.4) is 0 Å². The Kier molecular flexibility index (Phi) is 12.2. The van der Waals surface area contributed by atoms with Crippen LogP contribution < -0.4 is 15.4 Å². The molecule has 0 saturated carbocycles. The van der Waals surface area contributed by atoms with Crippen LogP contribution in [0.5, 0.6) is 5.75 Å². The molecule has 0 atom stereocenters. The van der Waals surface area contributed by atoms with E-state index in [2.05, 4.69) is 26.7 Å². The number of ether oxygens (including phenoxy) is 2. The van der Waals surface area contributed by atoms with Crippen molar-refractivity contribution < 1.29 is 9.47 Å². The SMILES string of the molecule is CN=C(NCCc1ccccn1)NCc1cccc(OCCCOC)c1.I. The summed E-state index contributed by atoms with van der Waals surface area (Å²) >= 11 is 0. The molecule has 0 aliphatic heterocycles. The fourth-order valence-corrected chi connectivity index (χ4v) is 2.40. The third-order valence-corrected chi connectivity index (χ3v) is 3.74. The molecule has 0 radical (unpaired) electrons. The van der Waals surface area contributed by atoms with Crippen molar-refractivity contribution in [3.05, 3.63) is 59.9 Å². The van der Waals surface area contributed by atoms with Crippen LogP contribution in [-0.4, -0.2) is 44.9 Å². The number of nitrogens with one attached hydrogen (secondary N) is 2. The standard InChI is InChI=1S/C20H28N4O2.HI/c1-21-20(23-12-10-18-8-3-4-11-22-18)24-16-17-7-5-9-19(15-17)26-14-6-13-25-2;/h3-5,7-9,11,15H,6,10,12-14,16H2,1-2H3,(H2,21,23,24);1H. The number of pyridine rings is 1. The summed E-state index contributed by atoms with van der Waals surface area (Å²) in [6.07, 6.45) is 3.55. The van der Waals surface area contributed by atoms with E-state index in [-0.39, 0.29) is 24.0 Å². The number of rotatable bonds is 10. The molecule has 2 aromatic rings. The van der Waals surface area contributed by atoms with Gasteiger partial charge in [-0.25, -0.2) is 0 Å². The smallest absolute Gasteiger partial charge is 0.191 e. The number of guanidine groups is 1. The Bertz CT molecular complexity index is 668. The van der Waals surface area contributed by atoms with Gasteiger partial charge >= 0.3 is 0 Å². The normalized spacial score (nSPS) is 10.8. The third kappa shape index (κ3) is 9.58. The number of aromatic nitrogens is 1. The van der Waals surface area contributed by atoms with Gasteiger partial charge in [-0.3, -0.25) is 9.98 Å².